The van der Waals surface area contributed by atoms with Crippen LogP contribution in [0.4, 0.5) is 0 Å². The summed E-state index contributed by atoms with van der Waals surface area (Å²) in [6, 6.07) is 1.92. The molecule has 0 unspecified atom stereocenters. The highest BCUT2D eigenvalue weighted by Crippen LogP contribution is 2.18. The van der Waals surface area contributed by atoms with Crippen molar-refractivity contribution in [1.82, 2.24) is 15.0 Å². The summed E-state index contributed by atoms with van der Waals surface area (Å²) in [5.74, 6) is 0.948. The smallest absolute Gasteiger partial charge is 0.227 e. The van der Waals surface area contributed by atoms with Gasteiger partial charge in [-0.25, -0.2) is 0 Å². The van der Waals surface area contributed by atoms with E-state index in [0.717, 1.165) is 5.56 Å². The van der Waals surface area contributed by atoms with Crippen LogP contribution in [0.15, 0.2) is 21.3 Å². The van der Waals surface area contributed by atoms with Gasteiger partial charge in [0.25, 0.3) is 0 Å². The molecule has 2 rings (SSSR count). The average Bonchev–Trinajstić information content (AvgIpc) is 3.06. The van der Waals surface area contributed by atoms with Crippen molar-refractivity contribution in [2.75, 3.05) is 20.2 Å². The fraction of sp³-hybridized carbons (Fsp3) is 0.417. The van der Waals surface area contributed by atoms with Gasteiger partial charge in [-0.3, -0.25) is 4.79 Å². The number of carbonyl (C=O) groups excluding carboxylic acids is 1. The minimum Gasteiger partial charge on any atom is -0.395 e. The van der Waals surface area contributed by atoms with Crippen LogP contribution in [0.25, 0.3) is 11.4 Å². The molecule has 2 aromatic heterocycles. The third-order valence-electron chi connectivity index (χ3n) is 2.66. The number of rotatable bonds is 6. The average molecular weight is 281 g/mol. The molecule has 6 nitrogen and oxygen atoms in total. The van der Waals surface area contributed by atoms with Crippen LogP contribution < -0.4 is 0 Å². The lowest BCUT2D eigenvalue weighted by atomic mass is 10.2. The first-order chi connectivity index (χ1) is 9.20. The molecule has 1 amide bonds. The standard InChI is InChI=1S/C12H15N3O3S/c1-15(5-6-16)11(17)3-2-10-13-12(14-18-10)9-4-7-19-8-9/h4,7-8,16H,2-3,5-6H2,1H3. The second kappa shape index (κ2) is 6.44. The number of likely N-dealkylation sites (N-methyl/N-ethyl adjacent to an activating group) is 1. The maximum absolute atomic E-state index is 11.7. The van der Waals surface area contributed by atoms with E-state index in [9.17, 15) is 4.79 Å². The van der Waals surface area contributed by atoms with E-state index in [2.05, 4.69) is 10.1 Å². The third-order valence-corrected chi connectivity index (χ3v) is 3.34. The van der Waals surface area contributed by atoms with Crippen molar-refractivity contribution in [1.29, 1.82) is 0 Å². The van der Waals surface area contributed by atoms with Gasteiger partial charge in [0.15, 0.2) is 0 Å². The molecule has 7 heteroatoms. The van der Waals surface area contributed by atoms with E-state index < -0.39 is 0 Å². The molecule has 0 aromatic carbocycles. The summed E-state index contributed by atoms with van der Waals surface area (Å²) in [5.41, 5.74) is 0.920. The lowest BCUT2D eigenvalue weighted by molar-refractivity contribution is -0.130. The van der Waals surface area contributed by atoms with Crippen molar-refractivity contribution in [3.05, 3.63) is 22.7 Å². The van der Waals surface area contributed by atoms with E-state index in [1.54, 1.807) is 18.4 Å². The Hall–Kier alpha value is -1.73. The largest absolute Gasteiger partial charge is 0.395 e. The first-order valence-corrected chi connectivity index (χ1v) is 6.85. The molecule has 0 radical (unpaired) electrons. The highest BCUT2D eigenvalue weighted by atomic mass is 32.1. The van der Waals surface area contributed by atoms with Gasteiger partial charge in [0.1, 0.15) is 0 Å². The Kier molecular flexibility index (Phi) is 4.64. The van der Waals surface area contributed by atoms with Crippen LogP contribution in [0, 0.1) is 0 Å². The van der Waals surface area contributed by atoms with Crippen LogP contribution >= 0.6 is 11.3 Å². The predicted molar refractivity (Wildman–Crippen MR) is 70.7 cm³/mol. The maximum Gasteiger partial charge on any atom is 0.227 e. The number of amides is 1. The molecule has 2 heterocycles. The molecule has 102 valence electrons. The summed E-state index contributed by atoms with van der Waals surface area (Å²) in [6.45, 7) is 0.300. The van der Waals surface area contributed by atoms with Crippen LogP contribution in [0.3, 0.4) is 0 Å². The molecule has 1 N–H and O–H groups in total. The number of nitrogens with zero attached hydrogens (tertiary/aromatic N) is 3. The Bertz CT molecular complexity index is 524. The second-order valence-corrected chi connectivity index (χ2v) is 4.84. The summed E-state index contributed by atoms with van der Waals surface area (Å²) >= 11 is 1.57. The molecule has 19 heavy (non-hydrogen) atoms. The molecule has 0 aliphatic carbocycles. The van der Waals surface area contributed by atoms with Gasteiger partial charge >= 0.3 is 0 Å². The van der Waals surface area contributed by atoms with Crippen molar-refractivity contribution in [3.8, 4) is 11.4 Å². The van der Waals surface area contributed by atoms with E-state index >= 15 is 0 Å². The zero-order valence-corrected chi connectivity index (χ0v) is 11.4. The predicted octanol–water partition coefficient (Wildman–Crippen LogP) is 1.18. The Morgan fingerprint density at radius 1 is 1.58 bits per heavy atom. The van der Waals surface area contributed by atoms with Gasteiger partial charge < -0.3 is 14.5 Å². The summed E-state index contributed by atoms with van der Waals surface area (Å²) < 4.78 is 5.10. The number of hydrogen-bond donors (Lipinski definition) is 1. The van der Waals surface area contributed by atoms with E-state index in [1.807, 2.05) is 16.8 Å². The van der Waals surface area contributed by atoms with Crippen LogP contribution in [0.2, 0.25) is 0 Å². The number of hydrogen-bond acceptors (Lipinski definition) is 6. The number of thiophene rings is 1. The van der Waals surface area contributed by atoms with Crippen molar-refractivity contribution >= 4 is 17.2 Å². The van der Waals surface area contributed by atoms with Crippen LogP contribution in [-0.2, 0) is 11.2 Å². The van der Waals surface area contributed by atoms with E-state index in [1.165, 1.54) is 4.90 Å². The normalized spacial score (nSPS) is 10.6. The Morgan fingerprint density at radius 2 is 2.42 bits per heavy atom. The molecule has 0 spiro atoms. The lowest BCUT2D eigenvalue weighted by Gasteiger charge is -2.14. The fourth-order valence-electron chi connectivity index (χ4n) is 1.54. The van der Waals surface area contributed by atoms with Crippen molar-refractivity contribution in [3.63, 3.8) is 0 Å². The van der Waals surface area contributed by atoms with Gasteiger partial charge in [0.05, 0.1) is 6.61 Å². The zero-order chi connectivity index (χ0) is 13.7. The monoisotopic (exact) mass is 281 g/mol. The number of aliphatic hydroxyl groups is 1. The molecule has 0 saturated heterocycles. The molecule has 0 aliphatic heterocycles. The van der Waals surface area contributed by atoms with Crippen LogP contribution in [-0.4, -0.2) is 46.3 Å². The SMILES string of the molecule is CN(CCO)C(=O)CCc1nc(-c2ccsc2)no1. The van der Waals surface area contributed by atoms with Gasteiger partial charge in [0, 0.05) is 37.4 Å². The molecule has 0 bridgehead atoms. The summed E-state index contributed by atoms with van der Waals surface area (Å²) in [6.07, 6.45) is 0.702. The van der Waals surface area contributed by atoms with Gasteiger partial charge in [0.2, 0.25) is 17.6 Å². The number of carbonyl (C=O) groups is 1. The zero-order valence-electron chi connectivity index (χ0n) is 10.6. The molecule has 0 aliphatic rings. The van der Waals surface area contributed by atoms with Crippen molar-refractivity contribution in [2.24, 2.45) is 0 Å². The summed E-state index contributed by atoms with van der Waals surface area (Å²) in [5, 5.41) is 16.5. The van der Waals surface area contributed by atoms with Crippen LogP contribution in [0.5, 0.6) is 0 Å². The fourth-order valence-corrected chi connectivity index (χ4v) is 2.18. The molecular formula is C12H15N3O3S. The molecule has 2 aromatic rings. The first kappa shape index (κ1) is 13.7. The summed E-state index contributed by atoms with van der Waals surface area (Å²) in [4.78, 5) is 17.4. The first-order valence-electron chi connectivity index (χ1n) is 5.90. The van der Waals surface area contributed by atoms with Crippen molar-refractivity contribution < 1.29 is 14.4 Å². The molecule has 0 atom stereocenters. The van der Waals surface area contributed by atoms with Gasteiger partial charge in [-0.15, -0.1) is 0 Å². The Balaban J connectivity index is 1.89. The minimum absolute atomic E-state index is 0.0366. The quantitative estimate of drug-likeness (QED) is 0.860. The summed E-state index contributed by atoms with van der Waals surface area (Å²) in [7, 11) is 1.66. The Morgan fingerprint density at radius 3 is 3.11 bits per heavy atom. The van der Waals surface area contributed by atoms with Gasteiger partial charge in [-0.1, -0.05) is 5.16 Å². The molecule has 0 fully saturated rings. The van der Waals surface area contributed by atoms with E-state index in [0.29, 0.717) is 31.1 Å². The highest BCUT2D eigenvalue weighted by molar-refractivity contribution is 7.08. The van der Waals surface area contributed by atoms with Gasteiger partial charge in [-0.05, 0) is 11.4 Å². The number of aryl methyl sites for hydroxylation is 1. The number of aliphatic hydroxyl groups excluding tert-OH is 1. The molecular weight excluding hydrogens is 266 g/mol. The Labute approximate surface area is 114 Å². The van der Waals surface area contributed by atoms with E-state index in [-0.39, 0.29) is 12.5 Å². The third kappa shape index (κ3) is 3.62. The molecule has 0 saturated carbocycles. The van der Waals surface area contributed by atoms with E-state index in [4.69, 9.17) is 9.63 Å². The lowest BCUT2D eigenvalue weighted by Crippen LogP contribution is -2.29. The topological polar surface area (TPSA) is 79.5 Å². The highest BCUT2D eigenvalue weighted by Gasteiger charge is 2.13. The van der Waals surface area contributed by atoms with Gasteiger partial charge in [-0.2, -0.15) is 16.3 Å². The van der Waals surface area contributed by atoms with Crippen molar-refractivity contribution in [2.45, 2.75) is 12.8 Å². The van der Waals surface area contributed by atoms with Crippen LogP contribution in [0.1, 0.15) is 12.3 Å². The maximum atomic E-state index is 11.7. The minimum atomic E-state index is -0.0515. The number of aromatic nitrogens is 2. The second-order valence-electron chi connectivity index (χ2n) is 4.06.